The Kier molecular flexibility index (Phi) is 9.75. The van der Waals surface area contributed by atoms with E-state index < -0.39 is 65.8 Å². The number of esters is 1. The SMILES string of the molecule is CC(C)[C@H](NC(=O)CCC(=O)OCC(=O)[C@@]1(O)CC[C@@H]2[C@@H]3CCC4=CC(=O)CC[C@]4(C)[C@@H]3[C@H](O)C[C@@]21C)C(=O)NCC(=O)O. The number of aliphatic carboxylic acids is 1. The van der Waals surface area contributed by atoms with Gasteiger partial charge in [0, 0.05) is 18.3 Å². The van der Waals surface area contributed by atoms with Gasteiger partial charge in [-0.25, -0.2) is 0 Å². The monoisotopic (exact) mass is 618 g/mol. The molecule has 0 radical (unpaired) electrons. The predicted octanol–water partition coefficient (Wildman–Crippen LogP) is 1.45. The zero-order valence-corrected chi connectivity index (χ0v) is 26.0. The van der Waals surface area contributed by atoms with Crippen LogP contribution in [0.1, 0.15) is 85.5 Å². The number of carbonyl (C=O) groups excluding carboxylic acids is 5. The Balaban J connectivity index is 1.33. The molecular formula is C32H46N2O10. The molecule has 8 atom stereocenters. The average Bonchev–Trinajstić information content (AvgIpc) is 3.22. The highest BCUT2D eigenvalue weighted by Crippen LogP contribution is 2.67. The van der Waals surface area contributed by atoms with Crippen molar-refractivity contribution in [2.24, 2.45) is 34.5 Å². The standard InChI is InChI=1S/C32H46N2O10/c1-17(2)28(29(42)33-15-25(39)40)34-24(38)7-8-26(41)44-16-23(37)32(43)12-10-21-20-6-5-18-13-19(35)9-11-30(18,3)27(20)22(36)14-31(21,32)4/h13,17,20-22,27-28,36,43H,5-12,14-16H2,1-4H3,(H,33,42)(H,34,38)(H,39,40)/t20-,21+,22+,27-,28-,30-,31-,32-/m0/s1. The number of aliphatic hydroxyl groups is 2. The molecule has 0 aromatic heterocycles. The number of carboxylic acids is 1. The van der Waals surface area contributed by atoms with Gasteiger partial charge >= 0.3 is 11.9 Å². The van der Waals surface area contributed by atoms with Crippen LogP contribution < -0.4 is 10.6 Å². The van der Waals surface area contributed by atoms with E-state index in [0.29, 0.717) is 19.3 Å². The molecule has 0 bridgehead atoms. The van der Waals surface area contributed by atoms with Gasteiger partial charge < -0.3 is 30.7 Å². The van der Waals surface area contributed by atoms with Crippen molar-refractivity contribution in [2.45, 2.75) is 103 Å². The van der Waals surface area contributed by atoms with E-state index in [9.17, 15) is 39.0 Å². The lowest BCUT2D eigenvalue weighted by atomic mass is 9.45. The summed E-state index contributed by atoms with van der Waals surface area (Å²) in [5.74, 6) is -4.15. The lowest BCUT2D eigenvalue weighted by molar-refractivity contribution is -0.184. The topological polar surface area (TPSA) is 196 Å². The first-order chi connectivity index (χ1) is 20.5. The zero-order valence-electron chi connectivity index (χ0n) is 26.0. The van der Waals surface area contributed by atoms with Crippen molar-refractivity contribution >= 4 is 35.3 Å². The molecule has 44 heavy (non-hydrogen) atoms. The van der Waals surface area contributed by atoms with Crippen LogP contribution in [0.4, 0.5) is 0 Å². The molecule has 0 aromatic carbocycles. The molecule has 244 valence electrons. The molecule has 0 saturated heterocycles. The quantitative estimate of drug-likeness (QED) is 0.211. The first-order valence-electron chi connectivity index (χ1n) is 15.7. The number of nitrogens with one attached hydrogen (secondary N) is 2. The predicted molar refractivity (Wildman–Crippen MR) is 156 cm³/mol. The van der Waals surface area contributed by atoms with E-state index >= 15 is 0 Å². The van der Waals surface area contributed by atoms with E-state index in [4.69, 9.17) is 9.84 Å². The number of aliphatic hydroxyl groups excluding tert-OH is 1. The Morgan fingerprint density at radius 1 is 1.07 bits per heavy atom. The van der Waals surface area contributed by atoms with Crippen molar-refractivity contribution in [1.82, 2.24) is 10.6 Å². The summed E-state index contributed by atoms with van der Waals surface area (Å²) in [5.41, 5.74) is -1.88. The maximum absolute atomic E-state index is 13.4. The molecule has 4 aliphatic carbocycles. The second-order valence-electron chi connectivity index (χ2n) is 14.0. The molecule has 2 amide bonds. The van der Waals surface area contributed by atoms with Gasteiger partial charge in [-0.15, -0.1) is 0 Å². The van der Waals surface area contributed by atoms with E-state index in [-0.39, 0.29) is 60.6 Å². The van der Waals surface area contributed by atoms with E-state index in [2.05, 4.69) is 17.6 Å². The molecule has 0 unspecified atom stereocenters. The van der Waals surface area contributed by atoms with E-state index in [1.807, 2.05) is 6.92 Å². The molecule has 4 rings (SSSR count). The Labute approximate surface area is 257 Å². The lowest BCUT2D eigenvalue weighted by Crippen LogP contribution is -2.62. The third-order valence-corrected chi connectivity index (χ3v) is 11.1. The van der Waals surface area contributed by atoms with Crippen LogP contribution in [0, 0.1) is 34.5 Å². The molecule has 0 aliphatic heterocycles. The molecule has 12 heteroatoms. The maximum Gasteiger partial charge on any atom is 0.322 e. The number of hydrogen-bond acceptors (Lipinski definition) is 9. The fourth-order valence-electron chi connectivity index (χ4n) is 8.76. The largest absolute Gasteiger partial charge is 0.480 e. The molecule has 0 spiro atoms. The third-order valence-electron chi connectivity index (χ3n) is 11.1. The second-order valence-corrected chi connectivity index (χ2v) is 14.0. The van der Waals surface area contributed by atoms with Crippen LogP contribution in [0.5, 0.6) is 0 Å². The number of Topliss-reactive ketones (excluding diaryl/α,β-unsaturated/α-hetero) is 1. The number of ether oxygens (including phenoxy) is 1. The van der Waals surface area contributed by atoms with Crippen LogP contribution >= 0.6 is 0 Å². The molecule has 4 aliphatic rings. The summed E-state index contributed by atoms with van der Waals surface area (Å²) < 4.78 is 5.18. The number of hydrogen-bond donors (Lipinski definition) is 5. The van der Waals surface area contributed by atoms with Crippen molar-refractivity contribution in [1.29, 1.82) is 0 Å². The Morgan fingerprint density at radius 3 is 2.43 bits per heavy atom. The summed E-state index contributed by atoms with van der Waals surface area (Å²) in [6.07, 6.45) is 4.01. The first-order valence-corrected chi connectivity index (χ1v) is 15.7. The first kappa shape index (κ1) is 33.8. The minimum atomic E-state index is -1.78. The van der Waals surface area contributed by atoms with Crippen LogP contribution in [-0.4, -0.2) is 81.5 Å². The van der Waals surface area contributed by atoms with Gasteiger partial charge in [-0.05, 0) is 73.7 Å². The smallest absolute Gasteiger partial charge is 0.322 e. The van der Waals surface area contributed by atoms with Crippen LogP contribution in [0.3, 0.4) is 0 Å². The number of carbonyl (C=O) groups is 6. The zero-order chi connectivity index (χ0) is 32.6. The van der Waals surface area contributed by atoms with Gasteiger partial charge in [0.05, 0.1) is 12.5 Å². The summed E-state index contributed by atoms with van der Waals surface area (Å²) >= 11 is 0. The fourth-order valence-corrected chi connectivity index (χ4v) is 8.76. The Bertz CT molecular complexity index is 1250. The normalized spacial score (nSPS) is 35.0. The van der Waals surface area contributed by atoms with Gasteiger partial charge in [0.25, 0.3) is 0 Å². The van der Waals surface area contributed by atoms with Gasteiger partial charge in [-0.2, -0.15) is 0 Å². The number of amides is 2. The minimum Gasteiger partial charge on any atom is -0.480 e. The van der Waals surface area contributed by atoms with Crippen molar-refractivity contribution < 1.29 is 48.8 Å². The summed E-state index contributed by atoms with van der Waals surface area (Å²) in [5, 5.41) is 36.8. The number of carboxylic acid groups (broad SMARTS) is 1. The Morgan fingerprint density at radius 2 is 1.77 bits per heavy atom. The summed E-state index contributed by atoms with van der Waals surface area (Å²) in [6.45, 7) is 6.08. The van der Waals surface area contributed by atoms with Gasteiger partial charge in [0.2, 0.25) is 17.6 Å². The maximum atomic E-state index is 13.4. The highest BCUT2D eigenvalue weighted by molar-refractivity contribution is 5.93. The van der Waals surface area contributed by atoms with E-state index in [0.717, 1.165) is 18.4 Å². The Hall–Kier alpha value is -3.12. The van der Waals surface area contributed by atoms with Crippen molar-refractivity contribution in [3.63, 3.8) is 0 Å². The van der Waals surface area contributed by atoms with Crippen molar-refractivity contribution in [3.8, 4) is 0 Å². The number of ketones is 2. The summed E-state index contributed by atoms with van der Waals surface area (Å²) in [6, 6.07) is -0.995. The highest BCUT2D eigenvalue weighted by Gasteiger charge is 2.68. The van der Waals surface area contributed by atoms with Gasteiger partial charge in [0.15, 0.2) is 12.4 Å². The van der Waals surface area contributed by atoms with Gasteiger partial charge in [-0.3, -0.25) is 28.8 Å². The average molecular weight is 619 g/mol. The molecule has 3 fully saturated rings. The molecule has 5 N–H and O–H groups in total. The van der Waals surface area contributed by atoms with Gasteiger partial charge in [0.1, 0.15) is 18.2 Å². The fraction of sp³-hybridized carbons (Fsp3) is 0.750. The number of rotatable bonds is 11. The van der Waals surface area contributed by atoms with Crippen molar-refractivity contribution in [3.05, 3.63) is 11.6 Å². The molecule has 0 aromatic rings. The second kappa shape index (κ2) is 12.7. The number of allylic oxidation sites excluding steroid dienone is 1. The molecule has 3 saturated carbocycles. The third kappa shape index (κ3) is 6.20. The van der Waals surface area contributed by atoms with Gasteiger partial charge in [-0.1, -0.05) is 33.3 Å². The van der Waals surface area contributed by atoms with Crippen molar-refractivity contribution in [2.75, 3.05) is 13.2 Å². The molecule has 12 nitrogen and oxygen atoms in total. The van der Waals surface area contributed by atoms with Crippen LogP contribution in [0.25, 0.3) is 0 Å². The summed E-state index contributed by atoms with van der Waals surface area (Å²) in [4.78, 5) is 73.4. The molecule has 0 heterocycles. The summed E-state index contributed by atoms with van der Waals surface area (Å²) in [7, 11) is 0. The van der Waals surface area contributed by atoms with Crippen LogP contribution in [0.2, 0.25) is 0 Å². The van der Waals surface area contributed by atoms with E-state index in [1.54, 1.807) is 19.9 Å². The van der Waals surface area contributed by atoms with E-state index in [1.165, 1.54) is 0 Å². The number of fused-ring (bicyclic) bond motifs is 5. The molecular weight excluding hydrogens is 572 g/mol. The van der Waals surface area contributed by atoms with Crippen LogP contribution in [0.15, 0.2) is 11.6 Å². The minimum absolute atomic E-state index is 0.0122. The highest BCUT2D eigenvalue weighted by atomic mass is 16.5. The lowest BCUT2D eigenvalue weighted by Gasteiger charge is -2.60. The van der Waals surface area contributed by atoms with Crippen LogP contribution in [-0.2, 0) is 33.5 Å².